The van der Waals surface area contributed by atoms with Crippen LogP contribution in [-0.4, -0.2) is 16.1 Å². The number of nitrogens with two attached hydrogens (primary N) is 1. The van der Waals surface area contributed by atoms with Crippen LogP contribution in [0.4, 0.5) is 10.2 Å². The lowest BCUT2D eigenvalue weighted by Gasteiger charge is -2.04. The fourth-order valence-corrected chi connectivity index (χ4v) is 1.41. The monoisotopic (exact) mass is 206 g/mol. The highest BCUT2D eigenvalue weighted by Gasteiger charge is 2.11. The number of nitrogen functional groups attached to an aromatic ring is 1. The predicted molar refractivity (Wildman–Crippen MR) is 53.1 cm³/mol. The maximum absolute atomic E-state index is 13.0. The number of aromatic carboxylic acids is 1. The molecule has 1 aromatic heterocycles. The molecule has 3 N–H and O–H groups in total. The number of hydrogen-bond acceptors (Lipinski definition) is 3. The van der Waals surface area contributed by atoms with Gasteiger partial charge in [0, 0.05) is 17.0 Å². The van der Waals surface area contributed by atoms with Gasteiger partial charge < -0.3 is 10.8 Å². The Morgan fingerprint density at radius 1 is 1.40 bits per heavy atom. The number of pyridine rings is 1. The van der Waals surface area contributed by atoms with E-state index in [1.807, 2.05) is 0 Å². The van der Waals surface area contributed by atoms with E-state index >= 15 is 0 Å². The van der Waals surface area contributed by atoms with Crippen molar-refractivity contribution in [3.8, 4) is 0 Å². The fraction of sp³-hybridized carbons (Fsp3) is 0. The zero-order valence-corrected chi connectivity index (χ0v) is 7.57. The highest BCUT2D eigenvalue weighted by atomic mass is 19.1. The van der Waals surface area contributed by atoms with Crippen molar-refractivity contribution in [3.05, 3.63) is 35.8 Å². The van der Waals surface area contributed by atoms with Gasteiger partial charge in [0.05, 0.1) is 5.56 Å². The topological polar surface area (TPSA) is 76.2 Å². The fourth-order valence-electron chi connectivity index (χ4n) is 1.41. The number of rotatable bonds is 1. The summed E-state index contributed by atoms with van der Waals surface area (Å²) in [4.78, 5) is 14.6. The number of benzene rings is 1. The Morgan fingerprint density at radius 2 is 2.13 bits per heavy atom. The number of carboxylic acids is 1. The Balaban J connectivity index is 2.90. The summed E-state index contributed by atoms with van der Waals surface area (Å²) in [5, 5.41) is 9.56. The average molecular weight is 206 g/mol. The molecule has 0 aliphatic carbocycles. The Hall–Kier alpha value is -2.17. The highest BCUT2D eigenvalue weighted by Crippen LogP contribution is 2.23. The molecule has 5 heteroatoms. The van der Waals surface area contributed by atoms with Crippen molar-refractivity contribution in [1.82, 2.24) is 4.98 Å². The molecule has 0 atom stereocenters. The van der Waals surface area contributed by atoms with Gasteiger partial charge in [0.25, 0.3) is 0 Å². The molecule has 0 saturated carbocycles. The van der Waals surface area contributed by atoms with Gasteiger partial charge in [-0.05, 0) is 18.2 Å². The molecule has 1 aromatic carbocycles. The van der Waals surface area contributed by atoms with Gasteiger partial charge in [-0.2, -0.15) is 0 Å². The lowest BCUT2D eigenvalue weighted by Crippen LogP contribution is -2.01. The Morgan fingerprint density at radius 3 is 2.80 bits per heavy atom. The molecule has 0 aliphatic heterocycles. The van der Waals surface area contributed by atoms with Crippen LogP contribution < -0.4 is 5.73 Å². The van der Waals surface area contributed by atoms with Crippen LogP contribution in [0.25, 0.3) is 10.8 Å². The molecule has 0 unspecified atom stereocenters. The summed E-state index contributed by atoms with van der Waals surface area (Å²) in [6.45, 7) is 0. The van der Waals surface area contributed by atoms with E-state index in [0.717, 1.165) is 12.3 Å². The standard InChI is InChI=1S/C10H7FN2O2/c11-5-1-2-6-7(3-5)8(10(14)15)4-13-9(6)12/h1-4H,(H2,12,13)(H,14,15). The third-order valence-electron chi connectivity index (χ3n) is 2.11. The van der Waals surface area contributed by atoms with Crippen molar-refractivity contribution >= 4 is 22.6 Å². The first-order valence-electron chi connectivity index (χ1n) is 4.16. The minimum absolute atomic E-state index is 0.0568. The second kappa shape index (κ2) is 3.20. The van der Waals surface area contributed by atoms with Crippen LogP contribution in [0, 0.1) is 5.82 Å². The van der Waals surface area contributed by atoms with Gasteiger partial charge in [0.1, 0.15) is 11.6 Å². The highest BCUT2D eigenvalue weighted by molar-refractivity contribution is 6.06. The molecular formula is C10H7FN2O2. The zero-order chi connectivity index (χ0) is 11.0. The van der Waals surface area contributed by atoms with Gasteiger partial charge in [-0.15, -0.1) is 0 Å². The maximum atomic E-state index is 13.0. The third kappa shape index (κ3) is 1.48. The molecule has 0 saturated heterocycles. The molecule has 0 amide bonds. The normalized spacial score (nSPS) is 10.5. The summed E-state index contributed by atoms with van der Waals surface area (Å²) in [6.07, 6.45) is 1.12. The van der Waals surface area contributed by atoms with Crippen molar-refractivity contribution in [2.45, 2.75) is 0 Å². The SMILES string of the molecule is Nc1ncc(C(=O)O)c2cc(F)ccc12. The van der Waals surface area contributed by atoms with Gasteiger partial charge in [-0.25, -0.2) is 14.2 Å². The molecule has 15 heavy (non-hydrogen) atoms. The van der Waals surface area contributed by atoms with E-state index in [1.54, 1.807) is 0 Å². The summed E-state index contributed by atoms with van der Waals surface area (Å²) < 4.78 is 13.0. The van der Waals surface area contributed by atoms with E-state index in [-0.39, 0.29) is 16.8 Å². The second-order valence-electron chi connectivity index (χ2n) is 3.05. The molecule has 0 bridgehead atoms. The van der Waals surface area contributed by atoms with Crippen LogP contribution in [0.3, 0.4) is 0 Å². The van der Waals surface area contributed by atoms with Crippen LogP contribution in [-0.2, 0) is 0 Å². The number of hydrogen-bond donors (Lipinski definition) is 2. The van der Waals surface area contributed by atoms with Crippen molar-refractivity contribution in [2.75, 3.05) is 5.73 Å². The van der Waals surface area contributed by atoms with Crippen LogP contribution in [0.15, 0.2) is 24.4 Å². The van der Waals surface area contributed by atoms with Gasteiger partial charge in [0.15, 0.2) is 0 Å². The second-order valence-corrected chi connectivity index (χ2v) is 3.05. The largest absolute Gasteiger partial charge is 0.478 e. The average Bonchev–Trinajstić information content (AvgIpc) is 2.17. The van der Waals surface area contributed by atoms with Crippen molar-refractivity contribution in [2.24, 2.45) is 0 Å². The lowest BCUT2D eigenvalue weighted by molar-refractivity contribution is 0.0698. The van der Waals surface area contributed by atoms with Crippen LogP contribution in [0.2, 0.25) is 0 Å². The lowest BCUT2D eigenvalue weighted by atomic mass is 10.1. The first-order valence-corrected chi connectivity index (χ1v) is 4.16. The van der Waals surface area contributed by atoms with Crippen molar-refractivity contribution < 1.29 is 14.3 Å². The van der Waals surface area contributed by atoms with E-state index < -0.39 is 11.8 Å². The number of carbonyl (C=O) groups is 1. The van der Waals surface area contributed by atoms with E-state index in [2.05, 4.69) is 4.98 Å². The molecule has 2 rings (SSSR count). The molecule has 76 valence electrons. The third-order valence-corrected chi connectivity index (χ3v) is 2.11. The van der Waals surface area contributed by atoms with Crippen LogP contribution in [0.5, 0.6) is 0 Å². The predicted octanol–water partition coefficient (Wildman–Crippen LogP) is 1.65. The molecule has 0 fully saturated rings. The minimum Gasteiger partial charge on any atom is -0.478 e. The first kappa shape index (κ1) is 9.39. The number of aromatic nitrogens is 1. The van der Waals surface area contributed by atoms with E-state index in [0.29, 0.717) is 5.39 Å². The maximum Gasteiger partial charge on any atom is 0.337 e. The van der Waals surface area contributed by atoms with Crippen LogP contribution in [0.1, 0.15) is 10.4 Å². The number of anilines is 1. The summed E-state index contributed by atoms with van der Waals surface area (Å²) in [5.41, 5.74) is 5.49. The van der Waals surface area contributed by atoms with Gasteiger partial charge >= 0.3 is 5.97 Å². The summed E-state index contributed by atoms with van der Waals surface area (Å²) >= 11 is 0. The van der Waals surface area contributed by atoms with Gasteiger partial charge in [-0.1, -0.05) is 0 Å². The van der Waals surface area contributed by atoms with E-state index in [9.17, 15) is 9.18 Å². The minimum atomic E-state index is -1.15. The van der Waals surface area contributed by atoms with E-state index in [1.165, 1.54) is 12.1 Å². The number of nitrogens with zero attached hydrogens (tertiary/aromatic N) is 1. The quantitative estimate of drug-likeness (QED) is 0.743. The number of halogens is 1. The molecule has 0 radical (unpaired) electrons. The number of carboxylic acid groups (broad SMARTS) is 1. The smallest absolute Gasteiger partial charge is 0.337 e. The summed E-state index contributed by atoms with van der Waals surface area (Å²) in [6, 6.07) is 3.77. The van der Waals surface area contributed by atoms with Crippen molar-refractivity contribution in [3.63, 3.8) is 0 Å². The molecule has 1 heterocycles. The summed E-state index contributed by atoms with van der Waals surface area (Å²) in [7, 11) is 0. The Kier molecular flexibility index (Phi) is 2.00. The molecule has 0 spiro atoms. The van der Waals surface area contributed by atoms with Crippen molar-refractivity contribution in [1.29, 1.82) is 0 Å². The first-order chi connectivity index (χ1) is 7.09. The summed E-state index contributed by atoms with van der Waals surface area (Å²) in [5.74, 6) is -1.47. The molecular weight excluding hydrogens is 199 g/mol. The Bertz CT molecular complexity index is 554. The molecule has 4 nitrogen and oxygen atoms in total. The number of fused-ring (bicyclic) bond motifs is 1. The molecule has 0 aliphatic rings. The van der Waals surface area contributed by atoms with Gasteiger partial charge in [0.2, 0.25) is 0 Å². The van der Waals surface area contributed by atoms with Gasteiger partial charge in [-0.3, -0.25) is 0 Å². The van der Waals surface area contributed by atoms with Crippen LogP contribution >= 0.6 is 0 Å². The Labute approximate surface area is 84.2 Å². The van der Waals surface area contributed by atoms with E-state index in [4.69, 9.17) is 10.8 Å². The zero-order valence-electron chi connectivity index (χ0n) is 7.57. The molecule has 2 aromatic rings.